The van der Waals surface area contributed by atoms with Crippen LogP contribution in [0.1, 0.15) is 32.0 Å². The molecule has 17 heavy (non-hydrogen) atoms. The molecule has 1 N–H and O–H groups in total. The van der Waals surface area contributed by atoms with E-state index in [2.05, 4.69) is 50.5 Å². The van der Waals surface area contributed by atoms with E-state index in [0.29, 0.717) is 6.73 Å². The highest BCUT2D eigenvalue weighted by Crippen LogP contribution is 2.36. The summed E-state index contributed by atoms with van der Waals surface area (Å²) < 4.78 is 8.07. The van der Waals surface area contributed by atoms with Crippen LogP contribution in [0.15, 0.2) is 6.20 Å². The molecular formula is C12H23N3OSi. The smallest absolute Gasteiger partial charge is 0.194 e. The molecule has 1 aromatic rings. The van der Waals surface area contributed by atoms with Gasteiger partial charge in [0, 0.05) is 24.8 Å². The molecule has 0 fully saturated rings. The Morgan fingerprint density at radius 1 is 1.41 bits per heavy atom. The summed E-state index contributed by atoms with van der Waals surface area (Å²) >= 11 is 0. The predicted molar refractivity (Wildman–Crippen MR) is 71.1 cm³/mol. The number of aromatic nitrogens is 2. The topological polar surface area (TPSA) is 39.1 Å². The van der Waals surface area contributed by atoms with Crippen molar-refractivity contribution in [1.29, 1.82) is 0 Å². The summed E-state index contributed by atoms with van der Waals surface area (Å²) in [5, 5.41) is 8.07. The highest BCUT2D eigenvalue weighted by molar-refractivity contribution is 6.74. The molecule has 1 aromatic heterocycles. The van der Waals surface area contributed by atoms with E-state index in [0.717, 1.165) is 13.1 Å². The summed E-state index contributed by atoms with van der Waals surface area (Å²) in [5.41, 5.74) is 2.48. The van der Waals surface area contributed by atoms with Crippen molar-refractivity contribution in [3.05, 3.63) is 17.5 Å². The first-order valence-electron chi connectivity index (χ1n) is 6.19. The van der Waals surface area contributed by atoms with E-state index < -0.39 is 8.32 Å². The van der Waals surface area contributed by atoms with E-state index in [9.17, 15) is 0 Å². The van der Waals surface area contributed by atoms with Crippen molar-refractivity contribution in [2.45, 2.75) is 58.7 Å². The largest absolute Gasteiger partial charge is 0.398 e. The van der Waals surface area contributed by atoms with Crippen molar-refractivity contribution >= 4 is 8.32 Å². The molecule has 0 saturated heterocycles. The highest BCUT2D eigenvalue weighted by Gasteiger charge is 2.37. The van der Waals surface area contributed by atoms with Gasteiger partial charge in [-0.2, -0.15) is 5.10 Å². The van der Waals surface area contributed by atoms with Crippen LogP contribution in [0, 0.1) is 0 Å². The van der Waals surface area contributed by atoms with Crippen LogP contribution < -0.4 is 5.32 Å². The van der Waals surface area contributed by atoms with Gasteiger partial charge in [0.25, 0.3) is 0 Å². The number of rotatable bonds is 3. The lowest BCUT2D eigenvalue weighted by Gasteiger charge is -2.35. The van der Waals surface area contributed by atoms with Gasteiger partial charge in [0.15, 0.2) is 8.32 Å². The lowest BCUT2D eigenvalue weighted by molar-refractivity contribution is 0.198. The molecule has 0 saturated carbocycles. The minimum absolute atomic E-state index is 0.254. The Morgan fingerprint density at radius 2 is 2.12 bits per heavy atom. The molecular weight excluding hydrogens is 230 g/mol. The zero-order valence-electron chi connectivity index (χ0n) is 11.5. The first-order chi connectivity index (χ1) is 7.79. The maximum Gasteiger partial charge on any atom is 0.194 e. The van der Waals surface area contributed by atoms with Gasteiger partial charge >= 0.3 is 0 Å². The molecule has 0 aliphatic carbocycles. The van der Waals surface area contributed by atoms with Crippen molar-refractivity contribution in [2.24, 2.45) is 0 Å². The van der Waals surface area contributed by atoms with Crippen LogP contribution in [0.5, 0.6) is 0 Å². The van der Waals surface area contributed by atoms with Gasteiger partial charge in [0.1, 0.15) is 6.73 Å². The predicted octanol–water partition coefficient (Wildman–Crippen LogP) is 2.47. The minimum Gasteiger partial charge on any atom is -0.398 e. The van der Waals surface area contributed by atoms with Gasteiger partial charge < -0.3 is 9.74 Å². The molecule has 0 bridgehead atoms. The summed E-state index contributed by atoms with van der Waals surface area (Å²) in [7, 11) is -1.66. The standard InChI is InChI=1S/C12H23N3OSi/c1-12(2,3)17(4,5)16-9-15-8-10-6-13-7-11(10)14-15/h8,13H,6-7,9H2,1-5H3. The maximum absolute atomic E-state index is 6.14. The summed E-state index contributed by atoms with van der Waals surface area (Å²) in [6.45, 7) is 13.7. The first-order valence-corrected chi connectivity index (χ1v) is 9.10. The Bertz CT molecular complexity index is 385. The van der Waals surface area contributed by atoms with Crippen molar-refractivity contribution < 1.29 is 4.43 Å². The second kappa shape index (κ2) is 4.22. The Kier molecular flexibility index (Phi) is 3.18. The minimum atomic E-state index is -1.66. The average Bonchev–Trinajstić information content (AvgIpc) is 2.71. The van der Waals surface area contributed by atoms with Crippen LogP contribution in [-0.2, 0) is 24.2 Å². The van der Waals surface area contributed by atoms with Gasteiger partial charge in [-0.3, -0.25) is 0 Å². The van der Waals surface area contributed by atoms with Gasteiger partial charge in [-0.1, -0.05) is 20.8 Å². The molecule has 5 heteroatoms. The van der Waals surface area contributed by atoms with Crippen LogP contribution >= 0.6 is 0 Å². The lowest BCUT2D eigenvalue weighted by atomic mass is 10.2. The molecule has 4 nitrogen and oxygen atoms in total. The van der Waals surface area contributed by atoms with Crippen LogP contribution in [0.3, 0.4) is 0 Å². The van der Waals surface area contributed by atoms with Crippen molar-refractivity contribution in [3.8, 4) is 0 Å². The van der Waals surface area contributed by atoms with Crippen LogP contribution in [0.25, 0.3) is 0 Å². The van der Waals surface area contributed by atoms with E-state index in [-0.39, 0.29) is 5.04 Å². The SMILES string of the molecule is CC(C)(C)[Si](C)(C)OCn1cc2c(n1)CNC2. The van der Waals surface area contributed by atoms with Crippen LogP contribution in [-0.4, -0.2) is 18.1 Å². The normalized spacial score (nSPS) is 16.3. The van der Waals surface area contributed by atoms with Crippen molar-refractivity contribution in [1.82, 2.24) is 15.1 Å². The monoisotopic (exact) mass is 253 g/mol. The molecule has 2 rings (SSSR count). The molecule has 1 aliphatic heterocycles. The zero-order valence-corrected chi connectivity index (χ0v) is 12.5. The van der Waals surface area contributed by atoms with Gasteiger partial charge in [-0.25, -0.2) is 4.68 Å². The van der Waals surface area contributed by atoms with Gasteiger partial charge in [0.2, 0.25) is 0 Å². The summed E-state index contributed by atoms with van der Waals surface area (Å²) in [5.74, 6) is 0. The fourth-order valence-corrected chi connectivity index (χ4v) is 2.51. The Labute approximate surface area is 104 Å². The molecule has 2 heterocycles. The molecule has 0 spiro atoms. The Morgan fingerprint density at radius 3 is 2.71 bits per heavy atom. The first kappa shape index (κ1) is 12.8. The molecule has 0 unspecified atom stereocenters. The maximum atomic E-state index is 6.14. The van der Waals surface area contributed by atoms with E-state index in [4.69, 9.17) is 4.43 Å². The Balaban J connectivity index is 1.98. The van der Waals surface area contributed by atoms with Crippen molar-refractivity contribution in [3.63, 3.8) is 0 Å². The van der Waals surface area contributed by atoms with E-state index in [1.165, 1.54) is 11.3 Å². The summed E-state index contributed by atoms with van der Waals surface area (Å²) in [6, 6.07) is 0. The molecule has 0 aromatic carbocycles. The van der Waals surface area contributed by atoms with Gasteiger partial charge in [-0.15, -0.1) is 0 Å². The quantitative estimate of drug-likeness (QED) is 0.841. The number of hydrogen-bond donors (Lipinski definition) is 1. The number of nitrogens with zero attached hydrogens (tertiary/aromatic N) is 2. The van der Waals surface area contributed by atoms with E-state index >= 15 is 0 Å². The molecule has 0 atom stereocenters. The molecule has 1 aliphatic rings. The third-order valence-corrected chi connectivity index (χ3v) is 8.36. The van der Waals surface area contributed by atoms with E-state index in [1.54, 1.807) is 0 Å². The van der Waals surface area contributed by atoms with Gasteiger partial charge in [-0.05, 0) is 18.1 Å². The summed E-state index contributed by atoms with van der Waals surface area (Å²) in [6.07, 6.45) is 2.10. The second-order valence-electron chi connectivity index (χ2n) is 6.28. The third kappa shape index (κ3) is 2.61. The van der Waals surface area contributed by atoms with Crippen LogP contribution in [0.4, 0.5) is 0 Å². The molecule has 96 valence electrons. The fourth-order valence-electron chi connectivity index (χ4n) is 1.62. The number of hydrogen-bond acceptors (Lipinski definition) is 3. The lowest BCUT2D eigenvalue weighted by Crippen LogP contribution is -2.41. The second-order valence-corrected chi connectivity index (χ2v) is 11.1. The van der Waals surface area contributed by atoms with Crippen molar-refractivity contribution in [2.75, 3.05) is 0 Å². The summed E-state index contributed by atoms with van der Waals surface area (Å²) in [4.78, 5) is 0. The van der Waals surface area contributed by atoms with Crippen LogP contribution in [0.2, 0.25) is 18.1 Å². The average molecular weight is 253 g/mol. The zero-order chi connectivity index (χ0) is 12.7. The highest BCUT2D eigenvalue weighted by atomic mass is 28.4. The number of nitrogens with one attached hydrogen (secondary N) is 1. The third-order valence-electron chi connectivity index (χ3n) is 3.90. The van der Waals surface area contributed by atoms with E-state index in [1.807, 2.05) is 4.68 Å². The number of fused-ring (bicyclic) bond motifs is 1. The molecule has 0 radical (unpaired) electrons. The Hall–Kier alpha value is -0.653. The fraction of sp³-hybridized carbons (Fsp3) is 0.750. The van der Waals surface area contributed by atoms with Gasteiger partial charge in [0.05, 0.1) is 5.69 Å². The molecule has 0 amide bonds.